The van der Waals surface area contributed by atoms with Crippen molar-refractivity contribution >= 4 is 31.1 Å². The second kappa shape index (κ2) is 10.6. The fourth-order valence-corrected chi connectivity index (χ4v) is 5.99. The van der Waals surface area contributed by atoms with Crippen molar-refractivity contribution < 1.29 is 21.6 Å². The summed E-state index contributed by atoms with van der Waals surface area (Å²) in [6.45, 7) is 5.83. The largest absolute Gasteiger partial charge is 0.493 e. The van der Waals surface area contributed by atoms with Gasteiger partial charge in [0.05, 0.1) is 28.5 Å². The molecule has 0 unspecified atom stereocenters. The van der Waals surface area contributed by atoms with Crippen molar-refractivity contribution in [1.29, 1.82) is 0 Å². The molecule has 202 valence electrons. The Morgan fingerprint density at radius 3 is 2.53 bits per heavy atom. The van der Waals surface area contributed by atoms with Gasteiger partial charge < -0.3 is 9.72 Å². The van der Waals surface area contributed by atoms with Crippen LogP contribution in [-0.4, -0.2) is 49.3 Å². The van der Waals surface area contributed by atoms with Crippen LogP contribution in [0.2, 0.25) is 0 Å². The third-order valence-electron chi connectivity index (χ3n) is 5.64. The maximum atomic E-state index is 13.3. The molecular formula is C25H29N5O6S2. The zero-order chi connectivity index (χ0) is 27.7. The molecule has 0 aliphatic heterocycles. The third-order valence-corrected chi connectivity index (χ3v) is 7.88. The molecule has 11 nitrogen and oxygen atoms in total. The van der Waals surface area contributed by atoms with E-state index < -0.39 is 25.4 Å². The minimum atomic E-state index is -4.10. The number of H-pyrrole nitrogens is 1. The number of hydrogen-bond acceptors (Lipinski definition) is 8. The molecule has 0 bridgehead atoms. The number of fused-ring (bicyclic) bond motifs is 1. The molecule has 2 N–H and O–H groups in total. The summed E-state index contributed by atoms with van der Waals surface area (Å²) in [6.07, 6.45) is 2.52. The summed E-state index contributed by atoms with van der Waals surface area (Å²) in [7, 11) is -7.39. The van der Waals surface area contributed by atoms with Crippen molar-refractivity contribution in [2.45, 2.75) is 44.3 Å². The van der Waals surface area contributed by atoms with Gasteiger partial charge in [0, 0.05) is 18.4 Å². The predicted molar refractivity (Wildman–Crippen MR) is 145 cm³/mol. The second-order valence-corrected chi connectivity index (χ2v) is 12.7. The standard InChI is InChI=1S/C25H29N5O6S2/c1-5-8-22-26-16(3)23-25(31)27-24(28-30(22)23)20-14-19(11-12-21(20)36-6-2)38(34,35)29-18-10-7-9-17(13-18)15-37(4,32)33/h7,9-14,29H,5-6,8,15H2,1-4H3,(H,27,28,31). The number of ether oxygens (including phenoxy) is 1. The third kappa shape index (κ3) is 5.89. The number of benzene rings is 2. The highest BCUT2D eigenvalue weighted by Gasteiger charge is 2.21. The molecule has 4 aromatic rings. The zero-order valence-corrected chi connectivity index (χ0v) is 23.1. The van der Waals surface area contributed by atoms with Gasteiger partial charge in [-0.25, -0.2) is 26.3 Å². The Morgan fingerprint density at radius 1 is 1.08 bits per heavy atom. The topological polar surface area (TPSA) is 153 Å². The van der Waals surface area contributed by atoms with Gasteiger partial charge in [0.2, 0.25) is 0 Å². The molecule has 0 aliphatic carbocycles. The van der Waals surface area contributed by atoms with E-state index in [9.17, 15) is 21.6 Å². The van der Waals surface area contributed by atoms with Crippen LogP contribution in [0.4, 0.5) is 5.69 Å². The summed E-state index contributed by atoms with van der Waals surface area (Å²) in [5.41, 5.74) is 1.43. The second-order valence-electron chi connectivity index (χ2n) is 8.89. The summed E-state index contributed by atoms with van der Waals surface area (Å²) in [6, 6.07) is 10.5. The minimum Gasteiger partial charge on any atom is -0.493 e. The lowest BCUT2D eigenvalue weighted by Gasteiger charge is -2.14. The number of sulfonamides is 1. The van der Waals surface area contributed by atoms with Crippen LogP contribution in [0.15, 0.2) is 52.2 Å². The molecule has 2 heterocycles. The minimum absolute atomic E-state index is 0.0946. The number of rotatable bonds is 10. The lowest BCUT2D eigenvalue weighted by molar-refractivity contribution is 0.341. The summed E-state index contributed by atoms with van der Waals surface area (Å²) >= 11 is 0. The van der Waals surface area contributed by atoms with E-state index in [2.05, 4.69) is 19.8 Å². The molecule has 0 atom stereocenters. The summed E-state index contributed by atoms with van der Waals surface area (Å²) in [5.74, 6) is 0.890. The Morgan fingerprint density at radius 2 is 1.84 bits per heavy atom. The molecule has 0 spiro atoms. The van der Waals surface area contributed by atoms with Gasteiger partial charge >= 0.3 is 0 Å². The molecule has 0 amide bonds. The predicted octanol–water partition coefficient (Wildman–Crippen LogP) is 3.09. The van der Waals surface area contributed by atoms with Gasteiger partial charge in [-0.2, -0.15) is 0 Å². The van der Waals surface area contributed by atoms with Gasteiger partial charge in [-0.15, -0.1) is 5.10 Å². The molecule has 0 aliphatic rings. The molecular weight excluding hydrogens is 530 g/mol. The van der Waals surface area contributed by atoms with Gasteiger partial charge in [-0.3, -0.25) is 9.52 Å². The normalized spacial score (nSPS) is 12.1. The molecule has 38 heavy (non-hydrogen) atoms. The first-order chi connectivity index (χ1) is 17.9. The number of nitrogens with zero attached hydrogens (tertiary/aromatic N) is 3. The van der Waals surface area contributed by atoms with E-state index in [4.69, 9.17) is 4.74 Å². The fraction of sp³-hybridized carbons (Fsp3) is 0.320. The summed E-state index contributed by atoms with van der Waals surface area (Å²) in [4.78, 5) is 20.1. The first-order valence-corrected chi connectivity index (χ1v) is 15.5. The van der Waals surface area contributed by atoms with E-state index in [0.29, 0.717) is 41.4 Å². The van der Waals surface area contributed by atoms with Crippen LogP contribution >= 0.6 is 0 Å². The molecule has 0 saturated carbocycles. The molecule has 2 aromatic heterocycles. The highest BCUT2D eigenvalue weighted by atomic mass is 32.2. The van der Waals surface area contributed by atoms with E-state index in [1.54, 1.807) is 26.0 Å². The fourth-order valence-electron chi connectivity index (χ4n) is 4.13. The molecule has 0 saturated heterocycles. The van der Waals surface area contributed by atoms with Crippen LogP contribution in [0.25, 0.3) is 16.9 Å². The first kappa shape index (κ1) is 27.3. The molecule has 13 heteroatoms. The Bertz CT molecular complexity index is 1780. The number of aryl methyl sites for hydroxylation is 2. The van der Waals surface area contributed by atoms with E-state index >= 15 is 0 Å². The maximum absolute atomic E-state index is 13.3. The molecule has 0 fully saturated rings. The molecule has 2 aromatic carbocycles. The van der Waals surface area contributed by atoms with Gasteiger partial charge in [0.15, 0.2) is 21.2 Å². The van der Waals surface area contributed by atoms with Crippen molar-refractivity contribution in [3.63, 3.8) is 0 Å². The number of aromatic nitrogens is 4. The van der Waals surface area contributed by atoms with E-state index in [1.165, 1.54) is 34.8 Å². The quantitative estimate of drug-likeness (QED) is 0.301. The van der Waals surface area contributed by atoms with Crippen molar-refractivity contribution in [3.8, 4) is 17.1 Å². The van der Waals surface area contributed by atoms with Gasteiger partial charge in [-0.05, 0) is 56.2 Å². The summed E-state index contributed by atoms with van der Waals surface area (Å²) in [5, 5.41) is 4.59. The smallest absolute Gasteiger partial charge is 0.277 e. The van der Waals surface area contributed by atoms with Crippen LogP contribution in [-0.2, 0) is 32.0 Å². The maximum Gasteiger partial charge on any atom is 0.277 e. The van der Waals surface area contributed by atoms with Crippen LogP contribution in [0.5, 0.6) is 5.75 Å². The van der Waals surface area contributed by atoms with E-state index in [1.807, 2.05) is 6.92 Å². The van der Waals surface area contributed by atoms with Crippen molar-refractivity contribution in [3.05, 3.63) is 69.9 Å². The number of nitrogens with one attached hydrogen (secondary N) is 2. The Labute approximate surface area is 220 Å². The lowest BCUT2D eigenvalue weighted by atomic mass is 10.2. The highest BCUT2D eigenvalue weighted by Crippen LogP contribution is 2.31. The Kier molecular flexibility index (Phi) is 7.61. The van der Waals surface area contributed by atoms with Crippen molar-refractivity contribution in [2.75, 3.05) is 17.6 Å². The van der Waals surface area contributed by atoms with Gasteiger partial charge in [0.25, 0.3) is 15.6 Å². The van der Waals surface area contributed by atoms with Crippen molar-refractivity contribution in [2.24, 2.45) is 0 Å². The van der Waals surface area contributed by atoms with Crippen LogP contribution in [0.1, 0.15) is 37.4 Å². The highest BCUT2D eigenvalue weighted by molar-refractivity contribution is 7.92. The average Bonchev–Trinajstić information content (AvgIpc) is 3.14. The van der Waals surface area contributed by atoms with Crippen LogP contribution < -0.4 is 15.0 Å². The van der Waals surface area contributed by atoms with Crippen LogP contribution in [0.3, 0.4) is 0 Å². The molecule has 0 radical (unpaired) electrons. The summed E-state index contributed by atoms with van der Waals surface area (Å²) < 4.78 is 59.6. The number of imidazole rings is 1. The lowest BCUT2D eigenvalue weighted by Crippen LogP contribution is -2.17. The zero-order valence-electron chi connectivity index (χ0n) is 21.5. The SMILES string of the molecule is CCCc1nc(C)c2c(=O)[nH]c(-c3cc(S(=O)(=O)Nc4cccc(CS(C)(=O)=O)c4)ccc3OCC)nn12. The van der Waals surface area contributed by atoms with Crippen LogP contribution in [0, 0.1) is 6.92 Å². The van der Waals surface area contributed by atoms with Gasteiger partial charge in [-0.1, -0.05) is 19.1 Å². The van der Waals surface area contributed by atoms with E-state index in [0.717, 1.165) is 12.7 Å². The number of hydrogen-bond donors (Lipinski definition) is 2. The Hall–Kier alpha value is -3.71. The molecule has 4 rings (SSSR count). The number of aromatic amines is 1. The number of sulfone groups is 1. The monoisotopic (exact) mass is 559 g/mol. The Balaban J connectivity index is 1.79. The number of anilines is 1. The van der Waals surface area contributed by atoms with Crippen molar-refractivity contribution in [1.82, 2.24) is 19.6 Å². The van der Waals surface area contributed by atoms with Gasteiger partial charge in [0.1, 0.15) is 11.6 Å². The first-order valence-electron chi connectivity index (χ1n) is 12.0. The average molecular weight is 560 g/mol. The van der Waals surface area contributed by atoms with E-state index in [-0.39, 0.29) is 27.7 Å².